The molecule has 4 rings (SSSR count). The zero-order valence-electron chi connectivity index (χ0n) is 19.2. The molecule has 0 spiro atoms. The smallest absolute Gasteiger partial charge is 0.250 e. The number of sulfonamides is 1. The number of aryl methyl sites for hydroxylation is 1. The van der Waals surface area contributed by atoms with Crippen LogP contribution in [0.4, 0.5) is 34.6 Å². The Morgan fingerprint density at radius 1 is 0.972 bits per heavy atom. The highest BCUT2D eigenvalue weighted by Crippen LogP contribution is 2.33. The van der Waals surface area contributed by atoms with Gasteiger partial charge in [-0.2, -0.15) is 0 Å². The van der Waals surface area contributed by atoms with E-state index in [1.165, 1.54) is 36.4 Å². The highest BCUT2D eigenvalue weighted by molar-refractivity contribution is 7.92. The van der Waals surface area contributed by atoms with Gasteiger partial charge in [0, 0.05) is 6.42 Å². The Morgan fingerprint density at radius 2 is 1.69 bits per heavy atom. The van der Waals surface area contributed by atoms with Gasteiger partial charge in [0.2, 0.25) is 10.0 Å². The molecule has 1 amide bonds. The van der Waals surface area contributed by atoms with E-state index >= 15 is 13.2 Å². The SMILES string of the molecule is Cc1ccc(Nc2c(C(N)=O)cc(Cc3cccc(NS(=O)(=O)CC4CC4)c3F)c(F)c2F)c(F)c1. The lowest BCUT2D eigenvalue weighted by molar-refractivity contribution is 0.100. The minimum Gasteiger partial charge on any atom is -0.366 e. The molecule has 11 heteroatoms. The maximum absolute atomic E-state index is 15.1. The summed E-state index contributed by atoms with van der Waals surface area (Å²) >= 11 is 0. The summed E-state index contributed by atoms with van der Waals surface area (Å²) in [6.45, 7) is 1.64. The lowest BCUT2D eigenvalue weighted by Crippen LogP contribution is -2.19. The van der Waals surface area contributed by atoms with E-state index in [-0.39, 0.29) is 28.6 Å². The van der Waals surface area contributed by atoms with E-state index in [0.29, 0.717) is 5.56 Å². The number of rotatable bonds is 9. The van der Waals surface area contributed by atoms with Crippen LogP contribution in [0.3, 0.4) is 0 Å². The molecule has 0 radical (unpaired) electrons. The molecule has 36 heavy (non-hydrogen) atoms. The lowest BCUT2D eigenvalue weighted by atomic mass is 9.99. The number of nitrogens with one attached hydrogen (secondary N) is 2. The number of halogens is 4. The van der Waals surface area contributed by atoms with Crippen molar-refractivity contribution in [3.63, 3.8) is 0 Å². The third-order valence-corrected chi connectivity index (χ3v) is 7.25. The van der Waals surface area contributed by atoms with Crippen molar-refractivity contribution >= 4 is 33.0 Å². The Kier molecular flexibility index (Phi) is 6.94. The molecule has 3 aromatic carbocycles. The van der Waals surface area contributed by atoms with Gasteiger partial charge in [0.1, 0.15) is 5.82 Å². The minimum atomic E-state index is -3.78. The van der Waals surface area contributed by atoms with Crippen molar-refractivity contribution in [2.24, 2.45) is 11.7 Å². The van der Waals surface area contributed by atoms with E-state index in [2.05, 4.69) is 10.0 Å². The number of carbonyl (C=O) groups is 1. The molecule has 1 aliphatic rings. The van der Waals surface area contributed by atoms with Crippen LogP contribution in [0.1, 0.15) is 39.9 Å². The van der Waals surface area contributed by atoms with E-state index < -0.39 is 62.4 Å². The summed E-state index contributed by atoms with van der Waals surface area (Å²) in [6.07, 6.45) is 1.07. The number of benzene rings is 3. The first-order valence-corrected chi connectivity index (χ1v) is 12.7. The fourth-order valence-corrected chi connectivity index (χ4v) is 5.31. The zero-order chi connectivity index (χ0) is 26.2. The van der Waals surface area contributed by atoms with Crippen molar-refractivity contribution in [3.05, 3.63) is 88.0 Å². The molecule has 0 bridgehead atoms. The molecule has 1 saturated carbocycles. The lowest BCUT2D eigenvalue weighted by Gasteiger charge is -2.16. The Morgan fingerprint density at radius 3 is 2.33 bits per heavy atom. The highest BCUT2D eigenvalue weighted by Gasteiger charge is 2.29. The summed E-state index contributed by atoms with van der Waals surface area (Å²) in [5.41, 5.74) is 3.78. The van der Waals surface area contributed by atoms with Gasteiger partial charge in [-0.05, 0) is 66.6 Å². The molecule has 3 aromatic rings. The fourth-order valence-electron chi connectivity index (χ4n) is 3.78. The molecule has 0 atom stereocenters. The average Bonchev–Trinajstić information content (AvgIpc) is 3.60. The van der Waals surface area contributed by atoms with Gasteiger partial charge in [-0.1, -0.05) is 18.2 Å². The first-order chi connectivity index (χ1) is 16.9. The third-order valence-electron chi connectivity index (χ3n) is 5.81. The molecular weight excluding hydrogens is 498 g/mol. The van der Waals surface area contributed by atoms with Crippen LogP contribution in [0.25, 0.3) is 0 Å². The van der Waals surface area contributed by atoms with Crippen LogP contribution in [0.5, 0.6) is 0 Å². The second kappa shape index (κ2) is 9.81. The van der Waals surface area contributed by atoms with Crippen LogP contribution in [0, 0.1) is 36.1 Å². The Bertz CT molecular complexity index is 1460. The van der Waals surface area contributed by atoms with Gasteiger partial charge in [0.15, 0.2) is 17.5 Å². The molecule has 0 aliphatic heterocycles. The molecule has 0 unspecified atom stereocenters. The zero-order valence-corrected chi connectivity index (χ0v) is 20.0. The maximum Gasteiger partial charge on any atom is 0.250 e. The van der Waals surface area contributed by atoms with Gasteiger partial charge < -0.3 is 11.1 Å². The summed E-state index contributed by atoms with van der Waals surface area (Å²) in [4.78, 5) is 12.0. The largest absolute Gasteiger partial charge is 0.366 e. The molecule has 4 N–H and O–H groups in total. The topological polar surface area (TPSA) is 101 Å². The number of hydrogen-bond acceptors (Lipinski definition) is 4. The predicted molar refractivity (Wildman–Crippen MR) is 129 cm³/mol. The van der Waals surface area contributed by atoms with Crippen LogP contribution in [-0.2, 0) is 16.4 Å². The number of nitrogens with two attached hydrogens (primary N) is 1. The Hall–Kier alpha value is -3.60. The summed E-state index contributed by atoms with van der Waals surface area (Å²) in [7, 11) is -3.78. The van der Waals surface area contributed by atoms with E-state index in [1.807, 2.05) is 0 Å². The number of carbonyl (C=O) groups excluding carboxylic acids is 1. The summed E-state index contributed by atoms with van der Waals surface area (Å²) in [5.74, 6) is -5.81. The number of anilines is 3. The van der Waals surface area contributed by atoms with Crippen LogP contribution >= 0.6 is 0 Å². The molecule has 190 valence electrons. The minimum absolute atomic E-state index is 0.0403. The van der Waals surface area contributed by atoms with Gasteiger partial charge in [0.05, 0.1) is 28.4 Å². The maximum atomic E-state index is 15.1. The van der Waals surface area contributed by atoms with Crippen LogP contribution in [0.2, 0.25) is 0 Å². The number of primary amides is 1. The molecule has 1 fully saturated rings. The van der Waals surface area contributed by atoms with Crippen LogP contribution < -0.4 is 15.8 Å². The van der Waals surface area contributed by atoms with Crippen molar-refractivity contribution in [2.75, 3.05) is 15.8 Å². The summed E-state index contributed by atoms with van der Waals surface area (Å²) in [5, 5.41) is 2.37. The van der Waals surface area contributed by atoms with Gasteiger partial charge >= 0.3 is 0 Å². The quantitative estimate of drug-likeness (QED) is 0.340. The predicted octanol–water partition coefficient (Wildman–Crippen LogP) is 5.14. The van der Waals surface area contributed by atoms with Crippen molar-refractivity contribution in [2.45, 2.75) is 26.2 Å². The Labute approximate surface area is 205 Å². The van der Waals surface area contributed by atoms with Gasteiger partial charge in [-0.15, -0.1) is 0 Å². The first-order valence-electron chi connectivity index (χ1n) is 11.1. The highest BCUT2D eigenvalue weighted by atomic mass is 32.2. The van der Waals surface area contributed by atoms with Crippen molar-refractivity contribution in [1.82, 2.24) is 0 Å². The number of amides is 1. The summed E-state index contributed by atoms with van der Waals surface area (Å²) in [6, 6.07) is 8.83. The molecular formula is C25H23F4N3O3S. The fraction of sp³-hybridized carbons (Fsp3) is 0.240. The van der Waals surface area contributed by atoms with Gasteiger partial charge in [-0.3, -0.25) is 9.52 Å². The normalized spacial score (nSPS) is 13.5. The van der Waals surface area contributed by atoms with E-state index in [4.69, 9.17) is 5.73 Å². The molecule has 0 heterocycles. The van der Waals surface area contributed by atoms with Crippen LogP contribution in [0.15, 0.2) is 42.5 Å². The van der Waals surface area contributed by atoms with Gasteiger partial charge in [-0.25, -0.2) is 26.0 Å². The van der Waals surface area contributed by atoms with Crippen molar-refractivity contribution < 1.29 is 30.8 Å². The molecule has 1 aliphatic carbocycles. The molecule has 0 aromatic heterocycles. The standard InChI is InChI=1S/C25H23F4N3O3S/c1-13-5-8-19(18(26)9-13)31-24-17(25(30)33)11-16(22(28)23(24)29)10-15-3-2-4-20(21(15)27)32-36(34,35)12-14-6-7-14/h2-5,8-9,11,14,31-32H,6-7,10,12H2,1H3,(H2,30,33). The van der Waals surface area contributed by atoms with E-state index in [9.17, 15) is 17.6 Å². The second-order valence-electron chi connectivity index (χ2n) is 8.84. The molecule has 6 nitrogen and oxygen atoms in total. The third kappa shape index (κ3) is 5.62. The van der Waals surface area contributed by atoms with Gasteiger partial charge in [0.25, 0.3) is 5.91 Å². The van der Waals surface area contributed by atoms with E-state index in [1.54, 1.807) is 6.92 Å². The second-order valence-corrected chi connectivity index (χ2v) is 10.6. The van der Waals surface area contributed by atoms with Crippen LogP contribution in [-0.4, -0.2) is 20.1 Å². The van der Waals surface area contributed by atoms with Crippen molar-refractivity contribution in [1.29, 1.82) is 0 Å². The Balaban J connectivity index is 1.67. The number of hydrogen-bond donors (Lipinski definition) is 3. The molecule has 0 saturated heterocycles. The van der Waals surface area contributed by atoms with Crippen molar-refractivity contribution in [3.8, 4) is 0 Å². The van der Waals surface area contributed by atoms with E-state index in [0.717, 1.165) is 18.9 Å². The average molecular weight is 522 g/mol. The first kappa shape index (κ1) is 25.5. The monoisotopic (exact) mass is 521 g/mol. The summed E-state index contributed by atoms with van der Waals surface area (Å²) < 4.78 is 86.1.